The maximum Gasteiger partial charge on any atom is 0.326 e. The van der Waals surface area contributed by atoms with Gasteiger partial charge in [0.2, 0.25) is 0 Å². The van der Waals surface area contributed by atoms with E-state index >= 15 is 0 Å². The number of carboxylic acid groups (broad SMARTS) is 1. The third-order valence-corrected chi connectivity index (χ3v) is 3.85. The minimum absolute atomic E-state index is 0.00196. The van der Waals surface area contributed by atoms with Gasteiger partial charge in [-0.2, -0.15) is 0 Å². The molecule has 1 aliphatic heterocycles. The number of likely N-dealkylation sites (tertiary alicyclic amines) is 1. The van der Waals surface area contributed by atoms with E-state index in [-0.39, 0.29) is 24.3 Å². The van der Waals surface area contributed by atoms with Crippen molar-refractivity contribution in [2.45, 2.75) is 39.2 Å². The lowest BCUT2D eigenvalue weighted by Gasteiger charge is -2.20. The highest BCUT2D eigenvalue weighted by Crippen LogP contribution is 2.24. The number of aliphatic carboxylic acids is 1. The molecule has 0 bridgehead atoms. The normalized spacial score (nSPS) is 22.7. The number of carbonyl (C=O) groups is 3. The van der Waals surface area contributed by atoms with Crippen molar-refractivity contribution in [2.75, 3.05) is 20.2 Å². The van der Waals surface area contributed by atoms with E-state index in [1.807, 2.05) is 13.8 Å². The molecule has 0 spiro atoms. The second-order valence-electron chi connectivity index (χ2n) is 5.49. The van der Waals surface area contributed by atoms with Crippen LogP contribution in [-0.2, 0) is 14.3 Å². The lowest BCUT2D eigenvalue weighted by atomic mass is 9.99. The van der Waals surface area contributed by atoms with Crippen molar-refractivity contribution in [3.63, 3.8) is 0 Å². The second-order valence-corrected chi connectivity index (χ2v) is 5.49. The van der Waals surface area contributed by atoms with Gasteiger partial charge in [-0.1, -0.05) is 26.7 Å². The quantitative estimate of drug-likeness (QED) is 0.716. The van der Waals surface area contributed by atoms with Gasteiger partial charge in [-0.15, -0.1) is 0 Å². The summed E-state index contributed by atoms with van der Waals surface area (Å²) in [7, 11) is 1.32. The molecular formula is C14H24N2O5. The molecule has 7 nitrogen and oxygen atoms in total. The highest BCUT2D eigenvalue weighted by molar-refractivity contribution is 5.83. The summed E-state index contributed by atoms with van der Waals surface area (Å²) in [4.78, 5) is 36.3. The number of nitrogens with zero attached hydrogens (tertiary/aromatic N) is 1. The van der Waals surface area contributed by atoms with Crippen molar-refractivity contribution >= 4 is 18.0 Å². The molecule has 0 aromatic heterocycles. The van der Waals surface area contributed by atoms with Gasteiger partial charge in [0, 0.05) is 13.1 Å². The number of ether oxygens (including phenoxy) is 1. The first kappa shape index (κ1) is 17.3. The Labute approximate surface area is 124 Å². The number of carbonyl (C=O) groups excluding carboxylic acids is 2. The fourth-order valence-electron chi connectivity index (χ4n) is 2.50. The molecule has 2 unspecified atom stereocenters. The molecule has 2 amide bonds. The van der Waals surface area contributed by atoms with Crippen LogP contribution in [0.25, 0.3) is 0 Å². The van der Waals surface area contributed by atoms with E-state index < -0.39 is 18.0 Å². The summed E-state index contributed by atoms with van der Waals surface area (Å²) >= 11 is 0. The monoisotopic (exact) mass is 300 g/mol. The standard InChI is InChI=1S/C14H24N2O5/c1-4-5-6-11(12(17)18)15-14(20)16-7-9(2)10(8-16)13(19)21-3/h9-11H,4-8H2,1-3H3,(H,15,20)(H,17,18)/t9?,10?,11-/m0/s1. The van der Waals surface area contributed by atoms with Crippen molar-refractivity contribution in [3.8, 4) is 0 Å². The Morgan fingerprint density at radius 2 is 2.05 bits per heavy atom. The van der Waals surface area contributed by atoms with E-state index in [0.29, 0.717) is 13.0 Å². The topological polar surface area (TPSA) is 95.9 Å². The smallest absolute Gasteiger partial charge is 0.326 e. The first-order valence-corrected chi connectivity index (χ1v) is 7.26. The third-order valence-electron chi connectivity index (χ3n) is 3.85. The van der Waals surface area contributed by atoms with Crippen LogP contribution in [0.5, 0.6) is 0 Å². The summed E-state index contributed by atoms with van der Waals surface area (Å²) in [5.74, 6) is -1.71. The molecular weight excluding hydrogens is 276 g/mol. The number of rotatable bonds is 6. The largest absolute Gasteiger partial charge is 0.480 e. The Kier molecular flexibility index (Phi) is 6.45. The van der Waals surface area contributed by atoms with E-state index in [1.165, 1.54) is 12.0 Å². The van der Waals surface area contributed by atoms with Crippen LogP contribution in [0.15, 0.2) is 0 Å². The predicted molar refractivity (Wildman–Crippen MR) is 75.7 cm³/mol. The molecule has 2 N–H and O–H groups in total. The van der Waals surface area contributed by atoms with Crippen LogP contribution in [0.2, 0.25) is 0 Å². The number of hydrogen-bond acceptors (Lipinski definition) is 4. The third kappa shape index (κ3) is 4.61. The van der Waals surface area contributed by atoms with Crippen molar-refractivity contribution in [3.05, 3.63) is 0 Å². The molecule has 120 valence electrons. The lowest BCUT2D eigenvalue weighted by molar-refractivity contribution is -0.146. The summed E-state index contributed by atoms with van der Waals surface area (Å²) in [5, 5.41) is 11.6. The average Bonchev–Trinajstić information content (AvgIpc) is 2.84. The van der Waals surface area contributed by atoms with Gasteiger partial charge in [0.1, 0.15) is 6.04 Å². The highest BCUT2D eigenvalue weighted by Gasteiger charge is 2.38. The Bertz CT molecular complexity index is 399. The Balaban J connectivity index is 2.59. The van der Waals surface area contributed by atoms with Crippen LogP contribution >= 0.6 is 0 Å². The molecule has 7 heteroatoms. The molecule has 0 aromatic rings. The van der Waals surface area contributed by atoms with Gasteiger partial charge in [-0.3, -0.25) is 4.79 Å². The number of carboxylic acids is 1. The zero-order valence-corrected chi connectivity index (χ0v) is 12.8. The number of methoxy groups -OCH3 is 1. The Morgan fingerprint density at radius 1 is 1.38 bits per heavy atom. The van der Waals surface area contributed by atoms with Crippen molar-refractivity contribution in [1.82, 2.24) is 10.2 Å². The van der Waals surface area contributed by atoms with Gasteiger partial charge in [0.15, 0.2) is 0 Å². The summed E-state index contributed by atoms with van der Waals surface area (Å²) in [5.41, 5.74) is 0. The van der Waals surface area contributed by atoms with Crippen LogP contribution in [0, 0.1) is 11.8 Å². The first-order chi connectivity index (χ1) is 9.90. The molecule has 1 aliphatic rings. The van der Waals surface area contributed by atoms with Gasteiger partial charge in [0.25, 0.3) is 0 Å². The minimum atomic E-state index is -1.03. The predicted octanol–water partition coefficient (Wildman–Crippen LogP) is 1.08. The van der Waals surface area contributed by atoms with Crippen molar-refractivity contribution in [2.24, 2.45) is 11.8 Å². The van der Waals surface area contributed by atoms with Crippen LogP contribution < -0.4 is 5.32 Å². The fraction of sp³-hybridized carbons (Fsp3) is 0.786. The molecule has 3 atom stereocenters. The molecule has 0 radical (unpaired) electrons. The Hall–Kier alpha value is -1.79. The average molecular weight is 300 g/mol. The summed E-state index contributed by atoms with van der Waals surface area (Å²) in [6.45, 7) is 4.52. The molecule has 1 heterocycles. The minimum Gasteiger partial charge on any atom is -0.480 e. The molecule has 1 rings (SSSR count). The molecule has 1 saturated heterocycles. The van der Waals surface area contributed by atoms with Crippen LogP contribution in [0.1, 0.15) is 33.1 Å². The number of esters is 1. The number of hydrogen-bond donors (Lipinski definition) is 2. The van der Waals surface area contributed by atoms with E-state index in [2.05, 4.69) is 5.32 Å². The SMILES string of the molecule is CCCC[C@H](NC(=O)N1CC(C)C(C(=O)OC)C1)C(=O)O. The number of urea groups is 1. The van der Waals surface area contributed by atoms with E-state index in [4.69, 9.17) is 9.84 Å². The fourth-order valence-corrected chi connectivity index (χ4v) is 2.50. The molecule has 0 aromatic carbocycles. The van der Waals surface area contributed by atoms with Gasteiger partial charge in [-0.25, -0.2) is 9.59 Å². The highest BCUT2D eigenvalue weighted by atomic mass is 16.5. The summed E-state index contributed by atoms with van der Waals surface area (Å²) in [6, 6.07) is -1.32. The number of amides is 2. The van der Waals surface area contributed by atoms with Gasteiger partial charge >= 0.3 is 18.0 Å². The molecule has 1 fully saturated rings. The zero-order chi connectivity index (χ0) is 16.0. The molecule has 0 aliphatic carbocycles. The van der Waals surface area contributed by atoms with Gasteiger partial charge < -0.3 is 20.1 Å². The molecule has 21 heavy (non-hydrogen) atoms. The van der Waals surface area contributed by atoms with Gasteiger partial charge in [0.05, 0.1) is 13.0 Å². The van der Waals surface area contributed by atoms with Crippen molar-refractivity contribution in [1.29, 1.82) is 0 Å². The van der Waals surface area contributed by atoms with Crippen LogP contribution in [0.3, 0.4) is 0 Å². The number of unbranched alkanes of at least 4 members (excludes halogenated alkanes) is 1. The second kappa shape index (κ2) is 7.85. The number of nitrogens with one attached hydrogen (secondary N) is 1. The Morgan fingerprint density at radius 3 is 2.57 bits per heavy atom. The molecule has 0 saturated carbocycles. The maximum absolute atomic E-state index is 12.1. The summed E-state index contributed by atoms with van der Waals surface area (Å²) in [6.07, 6.45) is 2.00. The van der Waals surface area contributed by atoms with E-state index in [0.717, 1.165) is 12.8 Å². The first-order valence-electron chi connectivity index (χ1n) is 7.26. The van der Waals surface area contributed by atoms with E-state index in [9.17, 15) is 14.4 Å². The van der Waals surface area contributed by atoms with Gasteiger partial charge in [-0.05, 0) is 12.3 Å². The van der Waals surface area contributed by atoms with Crippen molar-refractivity contribution < 1.29 is 24.2 Å². The van der Waals surface area contributed by atoms with Crippen LogP contribution in [-0.4, -0.2) is 54.2 Å². The lowest BCUT2D eigenvalue weighted by Crippen LogP contribution is -2.47. The summed E-state index contributed by atoms with van der Waals surface area (Å²) < 4.78 is 4.71. The maximum atomic E-state index is 12.1. The van der Waals surface area contributed by atoms with E-state index in [1.54, 1.807) is 0 Å². The zero-order valence-electron chi connectivity index (χ0n) is 12.8. The van der Waals surface area contributed by atoms with Crippen LogP contribution in [0.4, 0.5) is 4.79 Å².